The molecule has 0 aliphatic rings. The first-order chi connectivity index (χ1) is 12.3. The van der Waals surface area contributed by atoms with E-state index in [1.54, 1.807) is 18.2 Å². The predicted molar refractivity (Wildman–Crippen MR) is 101 cm³/mol. The lowest BCUT2D eigenvalue weighted by molar-refractivity contribution is -0.131. The van der Waals surface area contributed by atoms with E-state index in [2.05, 4.69) is 5.32 Å². The molecule has 4 N–H and O–H groups in total. The zero-order chi connectivity index (χ0) is 19.3. The number of rotatable bonds is 7. The van der Waals surface area contributed by atoms with Crippen LogP contribution in [-0.4, -0.2) is 27.9 Å². The highest BCUT2D eigenvalue weighted by Crippen LogP contribution is 2.24. The molecule has 0 saturated carbocycles. The maximum Gasteiger partial charge on any atom is 0.335 e. The summed E-state index contributed by atoms with van der Waals surface area (Å²) in [5, 5.41) is 29.9. The molecule has 0 aromatic heterocycles. The van der Waals surface area contributed by atoms with Crippen LogP contribution in [-0.2, 0) is 11.3 Å². The van der Waals surface area contributed by atoms with Gasteiger partial charge >= 0.3 is 11.9 Å². The molecule has 0 fully saturated rings. The third-order valence-corrected chi connectivity index (χ3v) is 4.02. The molecule has 134 valence electrons. The molecule has 8 heteroatoms. The van der Waals surface area contributed by atoms with Gasteiger partial charge in [0.2, 0.25) is 0 Å². The monoisotopic (exact) mass is 392 g/mol. The molecule has 0 amide bonds. The van der Waals surface area contributed by atoms with Crippen LogP contribution >= 0.6 is 23.2 Å². The molecule has 0 heterocycles. The van der Waals surface area contributed by atoms with Gasteiger partial charge in [0, 0.05) is 33.9 Å². The van der Waals surface area contributed by atoms with E-state index < -0.39 is 11.9 Å². The molecule has 0 radical (unpaired) electrons. The average molecular weight is 393 g/mol. The summed E-state index contributed by atoms with van der Waals surface area (Å²) in [5.41, 5.74) is 1.42. The minimum Gasteiger partial charge on any atom is -0.478 e. The highest BCUT2D eigenvalue weighted by atomic mass is 35.5. The molecule has 2 aromatic carbocycles. The Balaban J connectivity index is 2.33. The second-order valence-electron chi connectivity index (χ2n) is 5.24. The molecule has 0 saturated heterocycles. The summed E-state index contributed by atoms with van der Waals surface area (Å²) in [6.07, 6.45) is 1.96. The molecule has 26 heavy (non-hydrogen) atoms. The summed E-state index contributed by atoms with van der Waals surface area (Å²) in [7, 11) is 0. The summed E-state index contributed by atoms with van der Waals surface area (Å²) in [6, 6.07) is 9.17. The smallest absolute Gasteiger partial charge is 0.335 e. The predicted octanol–water partition coefficient (Wildman–Crippen LogP) is 4.31. The number of carboxylic acids is 2. The standard InChI is InChI=1S/C18H14Cl2N2O4/c19-12-3-1-11(14(20)8-12)9-22-16-7-10(18(25)26)2-4-13(16)15(21)5-6-17(23)24/h1-8,21-22H,9H2,(H,23,24)(H,25,26). The quantitative estimate of drug-likeness (QED) is 0.414. The summed E-state index contributed by atoms with van der Waals surface area (Å²) in [4.78, 5) is 21.8. The Labute approximate surface area is 159 Å². The van der Waals surface area contributed by atoms with E-state index in [4.69, 9.17) is 38.8 Å². The Morgan fingerprint density at radius 1 is 1.08 bits per heavy atom. The van der Waals surface area contributed by atoms with Gasteiger partial charge in [-0.2, -0.15) is 0 Å². The normalized spacial score (nSPS) is 10.7. The number of hydrogen-bond acceptors (Lipinski definition) is 4. The first kappa shape index (κ1) is 19.5. The molecule has 0 bridgehead atoms. The van der Waals surface area contributed by atoms with Crippen molar-refractivity contribution in [2.75, 3.05) is 5.32 Å². The van der Waals surface area contributed by atoms with E-state index in [0.29, 0.717) is 21.3 Å². The number of anilines is 1. The van der Waals surface area contributed by atoms with E-state index in [9.17, 15) is 9.59 Å². The molecule has 0 aliphatic heterocycles. The van der Waals surface area contributed by atoms with Gasteiger partial charge in [0.05, 0.1) is 11.3 Å². The van der Waals surface area contributed by atoms with Crippen molar-refractivity contribution in [1.82, 2.24) is 0 Å². The van der Waals surface area contributed by atoms with E-state index in [1.165, 1.54) is 18.2 Å². The maximum atomic E-state index is 11.2. The van der Waals surface area contributed by atoms with Gasteiger partial charge in [-0.1, -0.05) is 29.3 Å². The first-order valence-electron chi connectivity index (χ1n) is 7.33. The number of nitrogens with one attached hydrogen (secondary N) is 2. The summed E-state index contributed by atoms with van der Waals surface area (Å²) in [5.74, 6) is -2.30. The second-order valence-corrected chi connectivity index (χ2v) is 6.08. The number of carbonyl (C=O) groups is 2. The van der Waals surface area contributed by atoms with Crippen LogP contribution in [0, 0.1) is 5.41 Å². The second kappa shape index (κ2) is 8.51. The lowest BCUT2D eigenvalue weighted by atomic mass is 10.0. The summed E-state index contributed by atoms with van der Waals surface area (Å²) < 4.78 is 0. The van der Waals surface area contributed by atoms with Crippen molar-refractivity contribution in [2.45, 2.75) is 6.54 Å². The van der Waals surface area contributed by atoms with Crippen LogP contribution in [0.4, 0.5) is 5.69 Å². The third kappa shape index (κ3) is 5.08. The minimum atomic E-state index is -1.18. The first-order valence-corrected chi connectivity index (χ1v) is 8.08. The number of benzene rings is 2. The lowest BCUT2D eigenvalue weighted by Crippen LogP contribution is -2.08. The Kier molecular flexibility index (Phi) is 6.38. The molecular weight excluding hydrogens is 379 g/mol. The molecule has 2 aromatic rings. The van der Waals surface area contributed by atoms with Crippen LogP contribution in [0.15, 0.2) is 48.6 Å². The molecule has 0 spiro atoms. The zero-order valence-electron chi connectivity index (χ0n) is 13.3. The number of allylic oxidation sites excluding steroid dienone is 1. The van der Waals surface area contributed by atoms with Crippen molar-refractivity contribution in [1.29, 1.82) is 5.41 Å². The number of hydrogen-bond donors (Lipinski definition) is 4. The van der Waals surface area contributed by atoms with Crippen molar-refractivity contribution in [2.24, 2.45) is 0 Å². The molecule has 0 aliphatic carbocycles. The Bertz CT molecular complexity index is 910. The van der Waals surface area contributed by atoms with Gasteiger partial charge in [-0.15, -0.1) is 0 Å². The fourth-order valence-corrected chi connectivity index (χ4v) is 2.63. The van der Waals surface area contributed by atoms with Crippen molar-refractivity contribution in [3.05, 3.63) is 75.3 Å². The van der Waals surface area contributed by atoms with E-state index in [1.807, 2.05) is 0 Å². The number of carboxylic acid groups (broad SMARTS) is 2. The van der Waals surface area contributed by atoms with Crippen molar-refractivity contribution < 1.29 is 19.8 Å². The van der Waals surface area contributed by atoms with Gasteiger partial charge in [-0.3, -0.25) is 0 Å². The van der Waals surface area contributed by atoms with Crippen LogP contribution in [0.1, 0.15) is 21.5 Å². The Morgan fingerprint density at radius 2 is 1.81 bits per heavy atom. The van der Waals surface area contributed by atoms with Crippen LogP contribution in [0.3, 0.4) is 0 Å². The number of aliphatic carboxylic acids is 1. The highest BCUT2D eigenvalue weighted by molar-refractivity contribution is 6.35. The summed E-state index contributed by atoms with van der Waals surface area (Å²) in [6.45, 7) is 0.266. The van der Waals surface area contributed by atoms with Gasteiger partial charge in [-0.25, -0.2) is 9.59 Å². The van der Waals surface area contributed by atoms with Gasteiger partial charge in [0.1, 0.15) is 0 Å². The molecular formula is C18H14Cl2N2O4. The largest absolute Gasteiger partial charge is 0.478 e. The van der Waals surface area contributed by atoms with Gasteiger partial charge in [-0.05, 0) is 42.0 Å². The molecule has 0 atom stereocenters. The van der Waals surface area contributed by atoms with Gasteiger partial charge in [0.15, 0.2) is 0 Å². The maximum absolute atomic E-state index is 11.2. The van der Waals surface area contributed by atoms with Gasteiger partial charge in [0.25, 0.3) is 0 Å². The van der Waals surface area contributed by atoms with Crippen LogP contribution in [0.2, 0.25) is 10.0 Å². The van der Waals surface area contributed by atoms with Crippen LogP contribution in [0.5, 0.6) is 0 Å². The van der Waals surface area contributed by atoms with Crippen molar-refractivity contribution in [3.63, 3.8) is 0 Å². The lowest BCUT2D eigenvalue weighted by Gasteiger charge is -2.13. The highest BCUT2D eigenvalue weighted by Gasteiger charge is 2.12. The van der Waals surface area contributed by atoms with Gasteiger partial charge < -0.3 is 20.9 Å². The van der Waals surface area contributed by atoms with E-state index in [0.717, 1.165) is 17.7 Å². The zero-order valence-corrected chi connectivity index (χ0v) is 14.8. The van der Waals surface area contributed by atoms with Crippen molar-refractivity contribution in [3.8, 4) is 0 Å². The third-order valence-electron chi connectivity index (χ3n) is 3.43. The Morgan fingerprint density at radius 3 is 2.42 bits per heavy atom. The topological polar surface area (TPSA) is 110 Å². The fraction of sp³-hybridized carbons (Fsp3) is 0.0556. The number of halogens is 2. The molecule has 2 rings (SSSR count). The fourth-order valence-electron chi connectivity index (χ4n) is 2.16. The minimum absolute atomic E-state index is 0.0356. The summed E-state index contributed by atoms with van der Waals surface area (Å²) >= 11 is 12.0. The molecule has 0 unspecified atom stereocenters. The average Bonchev–Trinajstić information content (AvgIpc) is 2.58. The van der Waals surface area contributed by atoms with Crippen LogP contribution in [0.25, 0.3) is 0 Å². The Hall–Kier alpha value is -2.83. The van der Waals surface area contributed by atoms with E-state index >= 15 is 0 Å². The molecule has 6 nitrogen and oxygen atoms in total. The SMILES string of the molecule is N=C(C=CC(=O)O)c1ccc(C(=O)O)cc1NCc1ccc(Cl)cc1Cl. The number of aromatic carboxylic acids is 1. The van der Waals surface area contributed by atoms with E-state index in [-0.39, 0.29) is 17.8 Å². The van der Waals surface area contributed by atoms with Crippen molar-refractivity contribution >= 4 is 46.5 Å². The van der Waals surface area contributed by atoms with Crippen LogP contribution < -0.4 is 5.32 Å².